The Balaban J connectivity index is 2.57. The number of rotatable bonds is 2. The summed E-state index contributed by atoms with van der Waals surface area (Å²) in [7, 11) is 0. The van der Waals surface area contributed by atoms with Crippen molar-refractivity contribution in [1.82, 2.24) is 0 Å². The fourth-order valence-corrected chi connectivity index (χ4v) is 1.08. The molecule has 0 spiro atoms. The molecule has 0 N–H and O–H groups in total. The molecule has 0 aromatic rings. The van der Waals surface area contributed by atoms with Gasteiger partial charge in [0.15, 0.2) is 5.78 Å². The Morgan fingerprint density at radius 3 is 2.92 bits per heavy atom. The third-order valence-corrected chi connectivity index (χ3v) is 1.69. The van der Waals surface area contributed by atoms with E-state index in [1.54, 1.807) is 0 Å². The second-order valence-corrected chi connectivity index (χ2v) is 2.77. The van der Waals surface area contributed by atoms with E-state index in [1.807, 2.05) is 6.92 Å². The minimum Gasteiger partial charge on any atom is -0.432 e. The van der Waals surface area contributed by atoms with Crippen LogP contribution in [0.2, 0.25) is 0 Å². The van der Waals surface area contributed by atoms with Crippen LogP contribution in [0.1, 0.15) is 20.3 Å². The summed E-state index contributed by atoms with van der Waals surface area (Å²) in [6.45, 7) is 3.14. The number of esters is 1. The summed E-state index contributed by atoms with van der Waals surface area (Å²) in [5, 5.41) is 0. The first-order valence-corrected chi connectivity index (χ1v) is 4.18. The number of hydrogen-bond donors (Lipinski definition) is 0. The summed E-state index contributed by atoms with van der Waals surface area (Å²) < 4.78 is 9.95. The van der Waals surface area contributed by atoms with Crippen LogP contribution in [0.3, 0.4) is 0 Å². The molecule has 13 heavy (non-hydrogen) atoms. The first-order chi connectivity index (χ1) is 6.13. The molecule has 4 nitrogen and oxygen atoms in total. The molecule has 1 heterocycles. The lowest BCUT2D eigenvalue weighted by Crippen LogP contribution is -2.33. The maximum absolute atomic E-state index is 11.1. The molecule has 0 aliphatic carbocycles. The summed E-state index contributed by atoms with van der Waals surface area (Å²) in [4.78, 5) is 21.7. The normalized spacial score (nSPS) is 27.4. The Morgan fingerprint density at radius 1 is 1.69 bits per heavy atom. The molecule has 1 aliphatic rings. The van der Waals surface area contributed by atoms with Gasteiger partial charge in [0.1, 0.15) is 6.10 Å². The van der Waals surface area contributed by atoms with Gasteiger partial charge >= 0.3 is 5.97 Å². The maximum atomic E-state index is 11.1. The summed E-state index contributed by atoms with van der Waals surface area (Å²) in [5.74, 6) is -0.496. The van der Waals surface area contributed by atoms with Gasteiger partial charge in [-0.25, -0.2) is 0 Å². The van der Waals surface area contributed by atoms with Gasteiger partial charge in [-0.15, -0.1) is 0 Å². The van der Waals surface area contributed by atoms with Gasteiger partial charge in [-0.3, -0.25) is 9.59 Å². The SMILES string of the molecule is CC[C@H]1O[C@H](OC(C)=O)C=CC1=O. The summed E-state index contributed by atoms with van der Waals surface area (Å²) in [6.07, 6.45) is 2.23. The molecule has 0 bridgehead atoms. The zero-order valence-corrected chi connectivity index (χ0v) is 7.65. The lowest BCUT2D eigenvalue weighted by Gasteiger charge is -2.23. The van der Waals surface area contributed by atoms with Gasteiger partial charge in [-0.05, 0) is 18.6 Å². The molecule has 0 radical (unpaired) electrons. The van der Waals surface area contributed by atoms with E-state index in [0.29, 0.717) is 6.42 Å². The van der Waals surface area contributed by atoms with Crippen molar-refractivity contribution in [3.8, 4) is 0 Å². The molecule has 72 valence electrons. The van der Waals surface area contributed by atoms with Crippen molar-refractivity contribution >= 4 is 11.8 Å². The van der Waals surface area contributed by atoms with E-state index in [1.165, 1.54) is 19.1 Å². The van der Waals surface area contributed by atoms with Gasteiger partial charge < -0.3 is 9.47 Å². The fourth-order valence-electron chi connectivity index (χ4n) is 1.08. The second-order valence-electron chi connectivity index (χ2n) is 2.77. The van der Waals surface area contributed by atoms with E-state index in [-0.39, 0.29) is 5.78 Å². The highest BCUT2D eigenvalue weighted by Gasteiger charge is 2.24. The number of hydrogen-bond acceptors (Lipinski definition) is 4. The van der Waals surface area contributed by atoms with Crippen LogP contribution >= 0.6 is 0 Å². The Morgan fingerprint density at radius 2 is 2.38 bits per heavy atom. The van der Waals surface area contributed by atoms with Crippen LogP contribution in [0.5, 0.6) is 0 Å². The molecule has 1 aliphatic heterocycles. The van der Waals surface area contributed by atoms with Crippen molar-refractivity contribution in [1.29, 1.82) is 0 Å². The Kier molecular flexibility index (Phi) is 3.19. The van der Waals surface area contributed by atoms with Gasteiger partial charge in [0.25, 0.3) is 0 Å². The van der Waals surface area contributed by atoms with Gasteiger partial charge in [0, 0.05) is 6.92 Å². The summed E-state index contributed by atoms with van der Waals surface area (Å²) in [5.41, 5.74) is 0. The average Bonchev–Trinajstić information content (AvgIpc) is 2.07. The lowest BCUT2D eigenvalue weighted by molar-refractivity contribution is -0.180. The van der Waals surface area contributed by atoms with E-state index in [2.05, 4.69) is 0 Å². The van der Waals surface area contributed by atoms with Crippen LogP contribution in [0.4, 0.5) is 0 Å². The molecular formula is C9H12O4. The molecule has 4 heteroatoms. The first kappa shape index (κ1) is 9.92. The van der Waals surface area contributed by atoms with E-state index >= 15 is 0 Å². The number of carbonyl (C=O) groups excluding carboxylic acids is 2. The van der Waals surface area contributed by atoms with Gasteiger partial charge in [0.05, 0.1) is 0 Å². The van der Waals surface area contributed by atoms with Crippen LogP contribution in [-0.2, 0) is 19.1 Å². The third kappa shape index (κ3) is 2.66. The number of carbonyl (C=O) groups is 2. The molecule has 0 amide bonds. The van der Waals surface area contributed by atoms with E-state index < -0.39 is 18.4 Å². The van der Waals surface area contributed by atoms with Crippen molar-refractivity contribution in [3.63, 3.8) is 0 Å². The number of ketones is 1. The zero-order valence-electron chi connectivity index (χ0n) is 7.65. The van der Waals surface area contributed by atoms with Gasteiger partial charge in [-0.2, -0.15) is 0 Å². The van der Waals surface area contributed by atoms with E-state index in [9.17, 15) is 9.59 Å². The molecule has 0 aromatic heterocycles. The maximum Gasteiger partial charge on any atom is 0.305 e. The molecular weight excluding hydrogens is 172 g/mol. The van der Waals surface area contributed by atoms with Crippen LogP contribution in [-0.4, -0.2) is 24.1 Å². The second kappa shape index (κ2) is 4.18. The standard InChI is InChI=1S/C9H12O4/c1-3-8-7(11)4-5-9(13-8)12-6(2)10/h4-5,8-9H,3H2,1-2H3/t8-,9+/m1/s1. The van der Waals surface area contributed by atoms with E-state index in [0.717, 1.165) is 0 Å². The van der Waals surface area contributed by atoms with Crippen molar-refractivity contribution in [2.24, 2.45) is 0 Å². The predicted octanol–water partition coefficient (Wildman–Crippen LogP) is 0.810. The van der Waals surface area contributed by atoms with Crippen LogP contribution in [0.25, 0.3) is 0 Å². The molecule has 0 aromatic carbocycles. The molecule has 2 atom stereocenters. The molecule has 0 fully saturated rings. The van der Waals surface area contributed by atoms with Gasteiger partial charge in [0.2, 0.25) is 6.29 Å². The minimum absolute atomic E-state index is 0.0779. The Labute approximate surface area is 76.5 Å². The fraction of sp³-hybridized carbons (Fsp3) is 0.556. The largest absolute Gasteiger partial charge is 0.432 e. The Bertz CT molecular complexity index is 244. The Hall–Kier alpha value is -1.16. The van der Waals surface area contributed by atoms with Crippen molar-refractivity contribution in [3.05, 3.63) is 12.2 Å². The zero-order chi connectivity index (χ0) is 9.84. The smallest absolute Gasteiger partial charge is 0.305 e. The average molecular weight is 184 g/mol. The van der Waals surface area contributed by atoms with Crippen LogP contribution in [0.15, 0.2) is 12.2 Å². The molecule has 0 saturated carbocycles. The predicted molar refractivity (Wildman–Crippen MR) is 44.9 cm³/mol. The minimum atomic E-state index is -0.708. The molecule has 0 unspecified atom stereocenters. The highest BCUT2D eigenvalue weighted by atomic mass is 16.7. The van der Waals surface area contributed by atoms with Crippen molar-refractivity contribution in [2.75, 3.05) is 0 Å². The van der Waals surface area contributed by atoms with Crippen molar-refractivity contribution < 1.29 is 19.1 Å². The third-order valence-electron chi connectivity index (χ3n) is 1.69. The highest BCUT2D eigenvalue weighted by Crippen LogP contribution is 2.13. The molecule has 0 saturated heterocycles. The summed E-state index contributed by atoms with van der Waals surface area (Å²) in [6, 6.07) is 0. The van der Waals surface area contributed by atoms with Gasteiger partial charge in [-0.1, -0.05) is 6.92 Å². The monoisotopic (exact) mass is 184 g/mol. The van der Waals surface area contributed by atoms with Crippen LogP contribution in [0, 0.1) is 0 Å². The van der Waals surface area contributed by atoms with E-state index in [4.69, 9.17) is 9.47 Å². The lowest BCUT2D eigenvalue weighted by atomic mass is 10.1. The quantitative estimate of drug-likeness (QED) is 0.596. The topological polar surface area (TPSA) is 52.6 Å². The highest BCUT2D eigenvalue weighted by molar-refractivity contribution is 5.94. The molecule has 1 rings (SSSR count). The van der Waals surface area contributed by atoms with Crippen LogP contribution < -0.4 is 0 Å². The van der Waals surface area contributed by atoms with Crippen molar-refractivity contribution in [2.45, 2.75) is 32.7 Å². The summed E-state index contributed by atoms with van der Waals surface area (Å²) >= 11 is 0. The number of ether oxygens (including phenoxy) is 2. The first-order valence-electron chi connectivity index (χ1n) is 4.18.